The van der Waals surface area contributed by atoms with Crippen LogP contribution >= 0.6 is 11.3 Å². The van der Waals surface area contributed by atoms with Crippen LogP contribution in [0.5, 0.6) is 0 Å². The summed E-state index contributed by atoms with van der Waals surface area (Å²) in [6, 6.07) is 7.48. The van der Waals surface area contributed by atoms with Gasteiger partial charge in [0.15, 0.2) is 0 Å². The topological polar surface area (TPSA) is 57.7 Å². The van der Waals surface area contributed by atoms with Crippen molar-refractivity contribution < 1.29 is 9.53 Å². The number of ether oxygens (including phenoxy) is 1. The molecule has 1 N–H and O–H groups in total. The number of carbonyl (C=O) groups excluding carboxylic acids is 1. The second-order valence-electron chi connectivity index (χ2n) is 6.10. The maximum Gasteiger partial charge on any atom is 0.323 e. The van der Waals surface area contributed by atoms with Crippen LogP contribution in [0.1, 0.15) is 18.6 Å². The maximum atomic E-state index is 12.6. The molecule has 2 aromatic rings. The molecule has 0 bridgehead atoms. The first-order valence-corrected chi connectivity index (χ1v) is 8.85. The van der Waals surface area contributed by atoms with Crippen LogP contribution in [0.15, 0.2) is 35.0 Å². The molecule has 1 aliphatic rings. The highest BCUT2D eigenvalue weighted by atomic mass is 32.1. The average molecular weight is 346 g/mol. The molecule has 3 rings (SSSR count). The largest absolute Gasteiger partial charge is 0.367 e. The summed E-state index contributed by atoms with van der Waals surface area (Å²) in [4.78, 5) is 20.7. The first-order valence-electron chi connectivity index (χ1n) is 7.91. The Morgan fingerprint density at radius 1 is 1.38 bits per heavy atom. The van der Waals surface area contributed by atoms with E-state index in [1.807, 2.05) is 49.5 Å². The Morgan fingerprint density at radius 2 is 2.21 bits per heavy atom. The Bertz CT molecular complexity index is 690. The monoisotopic (exact) mass is 346 g/mol. The highest BCUT2D eigenvalue weighted by Crippen LogP contribution is 2.27. The number of morpholine rings is 1. The molecule has 3 heterocycles. The van der Waals surface area contributed by atoms with Crippen molar-refractivity contribution >= 4 is 29.0 Å². The van der Waals surface area contributed by atoms with E-state index in [-0.39, 0.29) is 18.2 Å². The lowest BCUT2D eigenvalue weighted by molar-refractivity contribution is -0.0640. The number of pyridine rings is 1. The summed E-state index contributed by atoms with van der Waals surface area (Å²) in [5, 5.41) is 6.99. The number of thiophene rings is 1. The lowest BCUT2D eigenvalue weighted by Gasteiger charge is -2.36. The second-order valence-corrected chi connectivity index (χ2v) is 6.88. The summed E-state index contributed by atoms with van der Waals surface area (Å²) in [6.45, 7) is 3.10. The van der Waals surface area contributed by atoms with E-state index in [4.69, 9.17) is 4.74 Å². The number of nitrogens with zero attached hydrogens (tertiary/aromatic N) is 3. The number of aromatic nitrogens is 1. The fourth-order valence-electron chi connectivity index (χ4n) is 2.69. The molecule has 0 aliphatic carbocycles. The van der Waals surface area contributed by atoms with Crippen LogP contribution in [0.4, 0.5) is 16.4 Å². The zero-order chi connectivity index (χ0) is 17.1. The molecular weight excluding hydrogens is 324 g/mol. The van der Waals surface area contributed by atoms with E-state index in [1.165, 1.54) is 0 Å². The van der Waals surface area contributed by atoms with Gasteiger partial charge in [-0.3, -0.25) is 5.32 Å². The zero-order valence-electron chi connectivity index (χ0n) is 14.1. The molecule has 7 heteroatoms. The summed E-state index contributed by atoms with van der Waals surface area (Å²) in [5.41, 5.74) is 1.12. The summed E-state index contributed by atoms with van der Waals surface area (Å²) in [7, 11) is 3.84. The summed E-state index contributed by atoms with van der Waals surface area (Å²) in [6.07, 6.45) is -0.0812. The van der Waals surface area contributed by atoms with Crippen molar-refractivity contribution in [1.82, 2.24) is 9.88 Å². The molecule has 2 atom stereocenters. The quantitative estimate of drug-likeness (QED) is 0.927. The molecule has 0 saturated carbocycles. The number of rotatable bonds is 3. The van der Waals surface area contributed by atoms with E-state index in [9.17, 15) is 4.79 Å². The Balaban J connectivity index is 1.69. The summed E-state index contributed by atoms with van der Waals surface area (Å²) in [5.74, 6) is 1.36. The third-order valence-corrected chi connectivity index (χ3v) is 4.59. The molecule has 0 aromatic carbocycles. The number of carbonyl (C=O) groups is 1. The van der Waals surface area contributed by atoms with Crippen LogP contribution < -0.4 is 10.2 Å². The highest BCUT2D eigenvalue weighted by Gasteiger charge is 2.29. The van der Waals surface area contributed by atoms with Gasteiger partial charge in [0.25, 0.3) is 0 Å². The van der Waals surface area contributed by atoms with Crippen molar-refractivity contribution in [3.63, 3.8) is 0 Å². The lowest BCUT2D eigenvalue weighted by atomic mass is 10.1. The van der Waals surface area contributed by atoms with Crippen molar-refractivity contribution in [3.05, 3.63) is 40.6 Å². The first-order chi connectivity index (χ1) is 11.5. The highest BCUT2D eigenvalue weighted by molar-refractivity contribution is 7.07. The van der Waals surface area contributed by atoms with E-state index in [2.05, 4.69) is 15.7 Å². The lowest BCUT2D eigenvalue weighted by Crippen LogP contribution is -2.47. The summed E-state index contributed by atoms with van der Waals surface area (Å²) < 4.78 is 5.97. The molecule has 2 aromatic heterocycles. The maximum absolute atomic E-state index is 12.6. The molecule has 2 amide bonds. The van der Waals surface area contributed by atoms with Crippen LogP contribution in [-0.4, -0.2) is 49.2 Å². The van der Waals surface area contributed by atoms with Gasteiger partial charge in [0.1, 0.15) is 17.7 Å². The fourth-order valence-corrected chi connectivity index (χ4v) is 3.39. The third kappa shape index (κ3) is 3.85. The number of amides is 2. The Morgan fingerprint density at radius 3 is 2.92 bits per heavy atom. The standard InChI is InChI=1S/C17H22N4O2S/c1-12-9-21(10-14(23-12)13-7-8-24-11-13)17(22)19-15-5-4-6-16(18-15)20(2)3/h4-8,11-12,14H,9-10H2,1-3H3,(H,18,19,22)/t12-,14-/m0/s1. The second kappa shape index (κ2) is 7.19. The molecule has 24 heavy (non-hydrogen) atoms. The van der Waals surface area contributed by atoms with Gasteiger partial charge >= 0.3 is 6.03 Å². The molecule has 128 valence electrons. The van der Waals surface area contributed by atoms with Gasteiger partial charge < -0.3 is 14.5 Å². The van der Waals surface area contributed by atoms with E-state index >= 15 is 0 Å². The first kappa shape index (κ1) is 16.7. The molecule has 1 aliphatic heterocycles. The van der Waals surface area contributed by atoms with Crippen molar-refractivity contribution in [1.29, 1.82) is 0 Å². The number of hydrogen-bond donors (Lipinski definition) is 1. The van der Waals surface area contributed by atoms with Gasteiger partial charge in [-0.2, -0.15) is 11.3 Å². The normalized spacial score (nSPS) is 20.7. The number of nitrogens with one attached hydrogen (secondary N) is 1. The Kier molecular flexibility index (Phi) is 5.01. The van der Waals surface area contributed by atoms with E-state index < -0.39 is 0 Å². The number of hydrogen-bond acceptors (Lipinski definition) is 5. The molecule has 0 unspecified atom stereocenters. The minimum Gasteiger partial charge on any atom is -0.367 e. The SMILES string of the molecule is C[C@H]1CN(C(=O)Nc2cccc(N(C)C)n2)C[C@@H](c2ccsc2)O1. The van der Waals surface area contributed by atoms with E-state index in [0.29, 0.717) is 18.9 Å². The van der Waals surface area contributed by atoms with Gasteiger partial charge in [0.05, 0.1) is 12.6 Å². The van der Waals surface area contributed by atoms with Gasteiger partial charge in [-0.25, -0.2) is 9.78 Å². The zero-order valence-corrected chi connectivity index (χ0v) is 14.9. The fraction of sp³-hybridized carbons (Fsp3) is 0.412. The van der Waals surface area contributed by atoms with Gasteiger partial charge in [-0.15, -0.1) is 0 Å². The van der Waals surface area contributed by atoms with Gasteiger partial charge in [-0.1, -0.05) is 6.07 Å². The molecule has 0 radical (unpaired) electrons. The molecular formula is C17H22N4O2S. The number of urea groups is 1. The van der Waals surface area contributed by atoms with Crippen molar-refractivity contribution in [2.75, 3.05) is 37.4 Å². The molecule has 0 spiro atoms. The van der Waals surface area contributed by atoms with Crippen LogP contribution in [0.25, 0.3) is 0 Å². The molecule has 1 fully saturated rings. The van der Waals surface area contributed by atoms with Crippen molar-refractivity contribution in [2.24, 2.45) is 0 Å². The molecule has 1 saturated heterocycles. The van der Waals surface area contributed by atoms with Gasteiger partial charge in [0.2, 0.25) is 0 Å². The predicted octanol–water partition coefficient (Wildman–Crippen LogP) is 3.20. The third-order valence-electron chi connectivity index (χ3n) is 3.89. The van der Waals surface area contributed by atoms with E-state index in [1.54, 1.807) is 22.3 Å². The molecule has 6 nitrogen and oxygen atoms in total. The van der Waals surface area contributed by atoms with Crippen molar-refractivity contribution in [2.45, 2.75) is 19.1 Å². The minimum absolute atomic E-state index is 0.00420. The van der Waals surface area contributed by atoms with E-state index in [0.717, 1.165) is 11.4 Å². The average Bonchev–Trinajstić information content (AvgIpc) is 3.09. The van der Waals surface area contributed by atoms with Gasteiger partial charge in [0, 0.05) is 20.6 Å². The van der Waals surface area contributed by atoms with Crippen LogP contribution in [-0.2, 0) is 4.74 Å². The Hall–Kier alpha value is -2.12. The number of anilines is 2. The summed E-state index contributed by atoms with van der Waals surface area (Å²) >= 11 is 1.64. The van der Waals surface area contributed by atoms with Crippen LogP contribution in [0.2, 0.25) is 0 Å². The minimum atomic E-state index is -0.145. The smallest absolute Gasteiger partial charge is 0.323 e. The predicted molar refractivity (Wildman–Crippen MR) is 96.8 cm³/mol. The van der Waals surface area contributed by atoms with Crippen molar-refractivity contribution in [3.8, 4) is 0 Å². The van der Waals surface area contributed by atoms with Crippen LogP contribution in [0, 0.1) is 0 Å². The van der Waals surface area contributed by atoms with Gasteiger partial charge in [-0.05, 0) is 41.4 Å². The van der Waals surface area contributed by atoms with Crippen LogP contribution in [0.3, 0.4) is 0 Å². The Labute approximate surface area is 146 Å².